The summed E-state index contributed by atoms with van der Waals surface area (Å²) < 4.78 is 39.2. The molecule has 1 aliphatic heterocycles. The van der Waals surface area contributed by atoms with Crippen LogP contribution in [0.2, 0.25) is 0 Å². The molecule has 32 heavy (non-hydrogen) atoms. The Kier molecular flexibility index (Phi) is 4.86. The molecule has 0 spiro atoms. The summed E-state index contributed by atoms with van der Waals surface area (Å²) in [5.41, 5.74) is 2.15. The van der Waals surface area contributed by atoms with E-state index in [1.807, 2.05) is 36.4 Å². The van der Waals surface area contributed by atoms with Gasteiger partial charge in [0, 0.05) is 29.4 Å². The number of sulfonamides is 1. The first-order chi connectivity index (χ1) is 15.4. The van der Waals surface area contributed by atoms with E-state index in [1.165, 1.54) is 12.1 Å². The number of pyridine rings is 1. The minimum Gasteiger partial charge on any atom is -0.322 e. The van der Waals surface area contributed by atoms with Gasteiger partial charge in [-0.2, -0.15) is 0 Å². The molecule has 0 aliphatic carbocycles. The van der Waals surface area contributed by atoms with Gasteiger partial charge >= 0.3 is 0 Å². The highest BCUT2D eigenvalue weighted by molar-refractivity contribution is 7.94. The second kappa shape index (κ2) is 7.72. The predicted molar refractivity (Wildman–Crippen MR) is 123 cm³/mol. The zero-order chi connectivity index (χ0) is 22.3. The van der Waals surface area contributed by atoms with Crippen LogP contribution in [-0.2, 0) is 10.0 Å². The average molecular weight is 447 g/mol. The molecular weight excluding hydrogens is 429 g/mol. The molecule has 0 radical (unpaired) electrons. The first kappa shape index (κ1) is 20.1. The van der Waals surface area contributed by atoms with Gasteiger partial charge in [-0.15, -0.1) is 0 Å². The quantitative estimate of drug-likeness (QED) is 0.502. The number of aromatic nitrogens is 1. The van der Waals surface area contributed by atoms with Gasteiger partial charge in [0.1, 0.15) is 5.82 Å². The van der Waals surface area contributed by atoms with Crippen molar-refractivity contribution < 1.29 is 17.6 Å². The molecule has 3 aromatic carbocycles. The van der Waals surface area contributed by atoms with Gasteiger partial charge in [-0.05, 0) is 41.8 Å². The Morgan fingerprint density at radius 2 is 1.84 bits per heavy atom. The van der Waals surface area contributed by atoms with E-state index in [-0.39, 0.29) is 17.0 Å². The third-order valence-electron chi connectivity index (χ3n) is 5.44. The number of nitrogens with zero attached hydrogens (tertiary/aromatic N) is 2. The second-order valence-corrected chi connectivity index (χ2v) is 9.48. The highest BCUT2D eigenvalue weighted by atomic mass is 32.2. The van der Waals surface area contributed by atoms with Gasteiger partial charge in [-0.25, -0.2) is 12.8 Å². The van der Waals surface area contributed by atoms with Crippen molar-refractivity contribution in [1.82, 2.24) is 4.98 Å². The lowest BCUT2D eigenvalue weighted by Gasteiger charge is -2.32. The van der Waals surface area contributed by atoms with Crippen LogP contribution in [0.4, 0.5) is 15.8 Å². The molecule has 0 saturated carbocycles. The molecule has 4 aromatic rings. The Hall–Kier alpha value is -3.78. The summed E-state index contributed by atoms with van der Waals surface area (Å²) >= 11 is 0. The number of nitrogens with one attached hydrogen (secondary N) is 1. The van der Waals surface area contributed by atoms with E-state index in [9.17, 15) is 17.6 Å². The molecule has 1 N–H and O–H groups in total. The fraction of sp³-hybridized carbons (Fsp3) is 0.0833. The van der Waals surface area contributed by atoms with Crippen LogP contribution in [0.5, 0.6) is 0 Å². The van der Waals surface area contributed by atoms with Crippen LogP contribution >= 0.6 is 0 Å². The predicted octanol–water partition coefficient (Wildman–Crippen LogP) is 4.44. The van der Waals surface area contributed by atoms with E-state index >= 15 is 0 Å². The monoisotopic (exact) mass is 447 g/mol. The Morgan fingerprint density at radius 1 is 1.00 bits per heavy atom. The highest BCUT2D eigenvalue weighted by Gasteiger charge is 2.33. The summed E-state index contributed by atoms with van der Waals surface area (Å²) in [6, 6.07) is 20.8. The third kappa shape index (κ3) is 3.58. The third-order valence-corrected chi connectivity index (χ3v) is 7.20. The summed E-state index contributed by atoms with van der Waals surface area (Å²) in [6.45, 7) is 0.308. The average Bonchev–Trinajstić information content (AvgIpc) is 2.78. The van der Waals surface area contributed by atoms with Crippen molar-refractivity contribution in [1.29, 1.82) is 0 Å². The molecular formula is C24H18FN3O3S. The Bertz CT molecular complexity index is 1470. The molecule has 6 nitrogen and oxygen atoms in total. The van der Waals surface area contributed by atoms with Crippen molar-refractivity contribution in [3.63, 3.8) is 0 Å². The van der Waals surface area contributed by atoms with E-state index in [0.717, 1.165) is 32.4 Å². The molecule has 0 bridgehead atoms. The zero-order valence-corrected chi connectivity index (χ0v) is 17.6. The lowest BCUT2D eigenvalue weighted by atomic mass is 10.0. The van der Waals surface area contributed by atoms with E-state index in [1.54, 1.807) is 24.4 Å². The van der Waals surface area contributed by atoms with Crippen molar-refractivity contribution in [2.24, 2.45) is 0 Å². The number of halogens is 1. The summed E-state index contributed by atoms with van der Waals surface area (Å²) in [5, 5.41) is 4.75. The first-order valence-corrected chi connectivity index (χ1v) is 11.6. The topological polar surface area (TPSA) is 79.4 Å². The molecule has 0 atom stereocenters. The number of hydrogen-bond donors (Lipinski definition) is 1. The van der Waals surface area contributed by atoms with Crippen molar-refractivity contribution in [2.45, 2.75) is 0 Å². The number of carbonyl (C=O) groups is 1. The van der Waals surface area contributed by atoms with Crippen molar-refractivity contribution >= 4 is 38.1 Å². The molecule has 8 heteroatoms. The Balaban J connectivity index is 1.41. The number of fused-ring (bicyclic) bond motifs is 1. The van der Waals surface area contributed by atoms with Crippen LogP contribution in [0.25, 0.3) is 22.0 Å². The first-order valence-electron chi connectivity index (χ1n) is 9.98. The molecule has 1 fully saturated rings. The normalized spacial score (nSPS) is 14.7. The van der Waals surface area contributed by atoms with Gasteiger partial charge in [0.05, 0.1) is 22.7 Å². The number of carbonyl (C=O) groups excluding carboxylic acids is 1. The standard InChI is InChI=1S/C24H18FN3O3S/c25-22-15-19(28-12-13-32(28,30)31)8-9-21(22)24(29)27-18-6-3-5-17(14-18)23-20-7-2-1-4-16(20)10-11-26-23/h1-11,14-15H,12-13H2,(H,27,29). The van der Waals surface area contributed by atoms with Crippen LogP contribution in [0.1, 0.15) is 10.4 Å². The summed E-state index contributed by atoms with van der Waals surface area (Å²) in [4.78, 5) is 17.2. The lowest BCUT2D eigenvalue weighted by molar-refractivity contribution is 0.102. The maximum absolute atomic E-state index is 14.6. The van der Waals surface area contributed by atoms with Gasteiger partial charge in [-0.1, -0.05) is 36.4 Å². The zero-order valence-electron chi connectivity index (χ0n) is 16.8. The fourth-order valence-electron chi connectivity index (χ4n) is 3.76. The summed E-state index contributed by atoms with van der Waals surface area (Å²) in [7, 11) is -3.36. The molecule has 5 rings (SSSR count). The molecule has 1 amide bonds. The molecule has 1 saturated heterocycles. The van der Waals surface area contributed by atoms with E-state index in [0.29, 0.717) is 12.2 Å². The van der Waals surface area contributed by atoms with Crippen LogP contribution in [0, 0.1) is 5.82 Å². The van der Waals surface area contributed by atoms with Gasteiger partial charge in [0.2, 0.25) is 10.0 Å². The smallest absolute Gasteiger partial charge is 0.258 e. The molecule has 1 aliphatic rings. The van der Waals surface area contributed by atoms with Gasteiger partial charge < -0.3 is 5.32 Å². The SMILES string of the molecule is O=C(Nc1cccc(-c2nccc3ccccc23)c1)c1ccc(N2CCS2(=O)=O)cc1F. The van der Waals surface area contributed by atoms with Gasteiger partial charge in [0.15, 0.2) is 0 Å². The number of anilines is 2. The molecule has 2 heterocycles. The van der Waals surface area contributed by atoms with Crippen LogP contribution in [-0.4, -0.2) is 31.6 Å². The maximum Gasteiger partial charge on any atom is 0.258 e. The largest absolute Gasteiger partial charge is 0.322 e. The number of hydrogen-bond acceptors (Lipinski definition) is 4. The van der Waals surface area contributed by atoms with E-state index < -0.39 is 21.7 Å². The van der Waals surface area contributed by atoms with Crippen molar-refractivity contribution in [3.05, 3.63) is 90.4 Å². The maximum atomic E-state index is 14.6. The van der Waals surface area contributed by atoms with E-state index in [2.05, 4.69) is 10.3 Å². The number of benzene rings is 3. The van der Waals surface area contributed by atoms with Crippen LogP contribution in [0.15, 0.2) is 79.0 Å². The summed E-state index contributed by atoms with van der Waals surface area (Å²) in [5.74, 6) is -1.36. The molecule has 1 aromatic heterocycles. The fourth-order valence-corrected chi connectivity index (χ4v) is 4.86. The van der Waals surface area contributed by atoms with Gasteiger partial charge in [0.25, 0.3) is 5.91 Å². The lowest BCUT2D eigenvalue weighted by Crippen LogP contribution is -2.47. The minimum atomic E-state index is -3.36. The van der Waals surface area contributed by atoms with Crippen LogP contribution < -0.4 is 9.62 Å². The van der Waals surface area contributed by atoms with Crippen molar-refractivity contribution in [2.75, 3.05) is 21.9 Å². The van der Waals surface area contributed by atoms with E-state index in [4.69, 9.17) is 0 Å². The minimum absolute atomic E-state index is 0.0404. The van der Waals surface area contributed by atoms with Crippen LogP contribution in [0.3, 0.4) is 0 Å². The highest BCUT2D eigenvalue weighted by Crippen LogP contribution is 2.29. The van der Waals surface area contributed by atoms with Crippen molar-refractivity contribution in [3.8, 4) is 11.3 Å². The number of amides is 1. The Morgan fingerprint density at radius 3 is 2.59 bits per heavy atom. The van der Waals surface area contributed by atoms with Gasteiger partial charge in [-0.3, -0.25) is 14.1 Å². The molecule has 0 unspecified atom stereocenters. The molecule has 160 valence electrons. The Labute approximate surface area is 184 Å². The number of rotatable bonds is 4. The second-order valence-electron chi connectivity index (χ2n) is 7.47. The summed E-state index contributed by atoms with van der Waals surface area (Å²) in [6.07, 6.45) is 1.73.